The molecular weight excluding hydrogens is 232 g/mol. The number of nitrogens with zero attached hydrogens (tertiary/aromatic N) is 1. The van der Waals surface area contributed by atoms with E-state index in [0.29, 0.717) is 0 Å². The topological polar surface area (TPSA) is 29.3 Å². The second-order valence-electron chi connectivity index (χ2n) is 5.84. The number of hydrogen-bond acceptors (Lipinski definition) is 2. The number of nitrogen functional groups attached to an aromatic ring is 1. The van der Waals surface area contributed by atoms with Gasteiger partial charge in [0.05, 0.1) is 0 Å². The highest BCUT2D eigenvalue weighted by Crippen LogP contribution is 2.30. The van der Waals surface area contributed by atoms with E-state index >= 15 is 0 Å². The van der Waals surface area contributed by atoms with Crippen LogP contribution in [0.1, 0.15) is 51.5 Å². The van der Waals surface area contributed by atoms with Gasteiger partial charge in [0.1, 0.15) is 0 Å². The Kier molecular flexibility index (Phi) is 5.26. The zero-order chi connectivity index (χ0) is 13.7. The molecule has 19 heavy (non-hydrogen) atoms. The molecule has 0 aliphatic heterocycles. The molecule has 106 valence electrons. The van der Waals surface area contributed by atoms with Crippen molar-refractivity contribution in [2.75, 3.05) is 12.3 Å². The quantitative estimate of drug-likeness (QED) is 0.809. The molecule has 0 spiro atoms. The fraction of sp³-hybridized carbons (Fsp3) is 0.647. The first kappa shape index (κ1) is 14.4. The van der Waals surface area contributed by atoms with Gasteiger partial charge in [-0.1, -0.05) is 38.5 Å². The fourth-order valence-corrected chi connectivity index (χ4v) is 3.31. The maximum atomic E-state index is 6.07. The minimum atomic E-state index is 0.757. The molecule has 1 aliphatic rings. The molecule has 1 aromatic carbocycles. The van der Waals surface area contributed by atoms with Crippen LogP contribution in [0.2, 0.25) is 0 Å². The first-order valence-electron chi connectivity index (χ1n) is 7.82. The van der Waals surface area contributed by atoms with Crippen molar-refractivity contribution < 1.29 is 0 Å². The van der Waals surface area contributed by atoms with Crippen molar-refractivity contribution in [3.05, 3.63) is 29.8 Å². The van der Waals surface area contributed by atoms with Crippen LogP contribution in [0.5, 0.6) is 0 Å². The second kappa shape index (κ2) is 6.95. The number of hydrogen-bond donors (Lipinski definition) is 1. The molecule has 0 bridgehead atoms. The Morgan fingerprint density at radius 3 is 2.37 bits per heavy atom. The average molecular weight is 260 g/mol. The molecule has 0 radical (unpaired) electrons. The van der Waals surface area contributed by atoms with E-state index in [0.717, 1.165) is 30.7 Å². The molecule has 2 nitrogen and oxygen atoms in total. The molecule has 0 unspecified atom stereocenters. The van der Waals surface area contributed by atoms with Crippen molar-refractivity contribution >= 4 is 5.69 Å². The van der Waals surface area contributed by atoms with E-state index in [-0.39, 0.29) is 0 Å². The molecule has 0 atom stereocenters. The normalized spacial score (nSPS) is 23.7. The van der Waals surface area contributed by atoms with E-state index in [9.17, 15) is 0 Å². The van der Waals surface area contributed by atoms with Gasteiger partial charge in [-0.25, -0.2) is 0 Å². The van der Waals surface area contributed by atoms with E-state index < -0.39 is 0 Å². The first-order chi connectivity index (χ1) is 9.24. The van der Waals surface area contributed by atoms with Crippen LogP contribution in [0.25, 0.3) is 0 Å². The highest BCUT2D eigenvalue weighted by atomic mass is 15.1. The van der Waals surface area contributed by atoms with Gasteiger partial charge < -0.3 is 5.73 Å². The predicted octanol–water partition coefficient (Wildman–Crippen LogP) is 4.06. The zero-order valence-corrected chi connectivity index (χ0v) is 12.4. The van der Waals surface area contributed by atoms with Crippen LogP contribution in [0.15, 0.2) is 24.3 Å². The van der Waals surface area contributed by atoms with Gasteiger partial charge in [-0.3, -0.25) is 4.90 Å². The summed E-state index contributed by atoms with van der Waals surface area (Å²) in [5, 5.41) is 0. The Morgan fingerprint density at radius 2 is 1.79 bits per heavy atom. The number of para-hydroxylation sites is 1. The third kappa shape index (κ3) is 3.73. The lowest BCUT2D eigenvalue weighted by molar-refractivity contribution is 0.134. The molecule has 1 saturated carbocycles. The van der Waals surface area contributed by atoms with Crippen molar-refractivity contribution in [3.8, 4) is 0 Å². The third-order valence-electron chi connectivity index (χ3n) is 4.74. The van der Waals surface area contributed by atoms with Gasteiger partial charge in [-0.15, -0.1) is 0 Å². The Hall–Kier alpha value is -1.02. The minimum Gasteiger partial charge on any atom is -0.398 e. The molecule has 1 fully saturated rings. The summed E-state index contributed by atoms with van der Waals surface area (Å²) in [5.41, 5.74) is 8.28. The van der Waals surface area contributed by atoms with Crippen LogP contribution < -0.4 is 5.73 Å². The zero-order valence-electron chi connectivity index (χ0n) is 12.4. The molecule has 2 rings (SSSR count). The minimum absolute atomic E-state index is 0.757. The maximum Gasteiger partial charge on any atom is 0.0359 e. The summed E-state index contributed by atoms with van der Waals surface area (Å²) in [5.74, 6) is 0.969. The number of nitrogens with two attached hydrogens (primary N) is 1. The van der Waals surface area contributed by atoms with Crippen molar-refractivity contribution in [2.24, 2.45) is 5.92 Å². The average Bonchev–Trinajstić information content (AvgIpc) is 2.47. The summed E-state index contributed by atoms with van der Waals surface area (Å²) in [6.07, 6.45) is 6.88. The Labute approximate surface area is 118 Å². The van der Waals surface area contributed by atoms with E-state index in [4.69, 9.17) is 5.73 Å². The molecule has 1 aromatic rings. The van der Waals surface area contributed by atoms with Gasteiger partial charge in [0.25, 0.3) is 0 Å². The summed E-state index contributed by atoms with van der Waals surface area (Å²) in [6, 6.07) is 9.04. The van der Waals surface area contributed by atoms with Crippen LogP contribution >= 0.6 is 0 Å². The van der Waals surface area contributed by atoms with E-state index in [1.54, 1.807) is 0 Å². The molecule has 0 amide bonds. The lowest BCUT2D eigenvalue weighted by Gasteiger charge is -2.36. The summed E-state index contributed by atoms with van der Waals surface area (Å²) in [6.45, 7) is 6.72. The van der Waals surface area contributed by atoms with Crippen LogP contribution in [0, 0.1) is 5.92 Å². The van der Waals surface area contributed by atoms with E-state index in [1.807, 2.05) is 12.1 Å². The van der Waals surface area contributed by atoms with Crippen LogP contribution in [-0.4, -0.2) is 17.5 Å². The fourth-order valence-electron chi connectivity index (χ4n) is 3.31. The highest BCUT2D eigenvalue weighted by Gasteiger charge is 2.24. The molecule has 2 N–H and O–H groups in total. The van der Waals surface area contributed by atoms with Crippen LogP contribution in [-0.2, 0) is 6.54 Å². The van der Waals surface area contributed by atoms with Gasteiger partial charge in [0.2, 0.25) is 0 Å². The first-order valence-corrected chi connectivity index (χ1v) is 7.82. The standard InChI is InChI=1S/C17H28N2/c1-3-14-9-11-16(12-10-14)19(4-2)13-15-7-5-6-8-17(15)18/h5-8,14,16H,3-4,9-13,18H2,1-2H3. The van der Waals surface area contributed by atoms with Crippen molar-refractivity contribution in [2.45, 2.75) is 58.5 Å². The maximum absolute atomic E-state index is 6.07. The number of rotatable bonds is 5. The SMILES string of the molecule is CCC1CCC(N(CC)Cc2ccccc2N)CC1. The number of benzene rings is 1. The Balaban J connectivity index is 1.95. The van der Waals surface area contributed by atoms with Gasteiger partial charge in [-0.2, -0.15) is 0 Å². The van der Waals surface area contributed by atoms with Crippen LogP contribution in [0.3, 0.4) is 0 Å². The second-order valence-corrected chi connectivity index (χ2v) is 5.84. The van der Waals surface area contributed by atoms with Gasteiger partial charge in [0, 0.05) is 18.3 Å². The van der Waals surface area contributed by atoms with Crippen LogP contribution in [0.4, 0.5) is 5.69 Å². The monoisotopic (exact) mass is 260 g/mol. The van der Waals surface area contributed by atoms with Crippen molar-refractivity contribution in [1.82, 2.24) is 4.90 Å². The molecule has 0 saturated heterocycles. The molecule has 0 heterocycles. The van der Waals surface area contributed by atoms with Gasteiger partial charge >= 0.3 is 0 Å². The van der Waals surface area contributed by atoms with E-state index in [2.05, 4.69) is 30.9 Å². The predicted molar refractivity (Wildman–Crippen MR) is 83.0 cm³/mol. The molecule has 2 heteroatoms. The lowest BCUT2D eigenvalue weighted by Crippen LogP contribution is -2.37. The van der Waals surface area contributed by atoms with E-state index in [1.165, 1.54) is 37.7 Å². The van der Waals surface area contributed by atoms with Crippen molar-refractivity contribution in [3.63, 3.8) is 0 Å². The molecule has 0 aromatic heterocycles. The molecule has 1 aliphatic carbocycles. The Morgan fingerprint density at radius 1 is 1.11 bits per heavy atom. The summed E-state index contributed by atoms with van der Waals surface area (Å²) in [7, 11) is 0. The largest absolute Gasteiger partial charge is 0.398 e. The lowest BCUT2D eigenvalue weighted by atomic mass is 9.84. The summed E-state index contributed by atoms with van der Waals surface area (Å²) in [4.78, 5) is 2.61. The highest BCUT2D eigenvalue weighted by molar-refractivity contribution is 5.46. The third-order valence-corrected chi connectivity index (χ3v) is 4.74. The smallest absolute Gasteiger partial charge is 0.0359 e. The summed E-state index contributed by atoms with van der Waals surface area (Å²) >= 11 is 0. The number of anilines is 1. The van der Waals surface area contributed by atoms with Crippen molar-refractivity contribution in [1.29, 1.82) is 0 Å². The summed E-state index contributed by atoms with van der Waals surface area (Å²) < 4.78 is 0. The molecular formula is C17H28N2. The van der Waals surface area contributed by atoms with Gasteiger partial charge in [-0.05, 0) is 49.8 Å². The van der Waals surface area contributed by atoms with Gasteiger partial charge in [0.15, 0.2) is 0 Å². The Bertz CT molecular complexity index is 381.